The Morgan fingerprint density at radius 3 is 2.74 bits per heavy atom. The van der Waals surface area contributed by atoms with E-state index in [1.807, 2.05) is 30.3 Å². The molecule has 0 radical (unpaired) electrons. The Bertz CT molecular complexity index is 733. The van der Waals surface area contributed by atoms with E-state index in [1.165, 1.54) is 23.1 Å². The maximum atomic E-state index is 12.1. The molecule has 1 heterocycles. The summed E-state index contributed by atoms with van der Waals surface area (Å²) in [5, 5.41) is 10.9. The molecule has 0 spiro atoms. The summed E-state index contributed by atoms with van der Waals surface area (Å²) in [7, 11) is 0. The van der Waals surface area contributed by atoms with Gasteiger partial charge in [0.1, 0.15) is 18.1 Å². The van der Waals surface area contributed by atoms with E-state index in [-0.39, 0.29) is 31.4 Å². The van der Waals surface area contributed by atoms with Gasteiger partial charge in [-0.1, -0.05) is 18.2 Å². The highest BCUT2D eigenvalue weighted by Crippen LogP contribution is 2.35. The Morgan fingerprint density at radius 2 is 2.00 bits per heavy atom. The van der Waals surface area contributed by atoms with Crippen LogP contribution in [0.4, 0.5) is 11.4 Å². The zero-order valence-corrected chi connectivity index (χ0v) is 12.2. The Balaban J connectivity index is 1.75. The molecule has 0 atom stereocenters. The second-order valence-electron chi connectivity index (χ2n) is 4.90. The molecule has 0 bridgehead atoms. The largest absolute Gasteiger partial charge is 0.492 e. The molecule has 3 rings (SSSR count). The quantitative estimate of drug-likeness (QED) is 0.625. The zero-order valence-electron chi connectivity index (χ0n) is 12.2. The molecule has 7 heteroatoms. The number of fused-ring (bicyclic) bond motifs is 1. The minimum absolute atomic E-state index is 0.0870. The van der Waals surface area contributed by atoms with Gasteiger partial charge in [-0.05, 0) is 18.2 Å². The SMILES string of the molecule is O=C1COc2ccc([N+](=O)[O-])cc2N1CCOc1ccccc1. The van der Waals surface area contributed by atoms with Gasteiger partial charge in [0.25, 0.3) is 11.6 Å². The summed E-state index contributed by atoms with van der Waals surface area (Å²) in [6, 6.07) is 13.4. The van der Waals surface area contributed by atoms with Crippen LogP contribution in [0.15, 0.2) is 48.5 Å². The summed E-state index contributed by atoms with van der Waals surface area (Å²) in [4.78, 5) is 23.9. The lowest BCUT2D eigenvalue weighted by atomic mass is 10.2. The number of non-ortho nitro benzene ring substituents is 1. The van der Waals surface area contributed by atoms with Gasteiger partial charge in [0, 0.05) is 12.1 Å². The molecule has 0 aromatic heterocycles. The van der Waals surface area contributed by atoms with Gasteiger partial charge in [-0.15, -0.1) is 0 Å². The van der Waals surface area contributed by atoms with E-state index in [2.05, 4.69) is 0 Å². The first-order valence-electron chi connectivity index (χ1n) is 7.04. The van der Waals surface area contributed by atoms with Crippen molar-refractivity contribution in [3.05, 3.63) is 58.6 Å². The normalized spacial score (nSPS) is 13.2. The number of para-hydroxylation sites is 1. The third-order valence-electron chi connectivity index (χ3n) is 3.42. The van der Waals surface area contributed by atoms with Crippen molar-refractivity contribution in [2.45, 2.75) is 0 Å². The molecule has 0 saturated carbocycles. The van der Waals surface area contributed by atoms with E-state index in [0.29, 0.717) is 17.2 Å². The van der Waals surface area contributed by atoms with Gasteiger partial charge in [0.15, 0.2) is 6.61 Å². The minimum Gasteiger partial charge on any atom is -0.492 e. The zero-order chi connectivity index (χ0) is 16.2. The van der Waals surface area contributed by atoms with Crippen LogP contribution in [0.25, 0.3) is 0 Å². The number of anilines is 1. The molecule has 1 aliphatic rings. The number of carbonyl (C=O) groups excluding carboxylic acids is 1. The van der Waals surface area contributed by atoms with Crippen LogP contribution in [-0.4, -0.2) is 30.6 Å². The first-order valence-corrected chi connectivity index (χ1v) is 7.04. The van der Waals surface area contributed by atoms with Crippen LogP contribution in [0.2, 0.25) is 0 Å². The fourth-order valence-electron chi connectivity index (χ4n) is 2.32. The van der Waals surface area contributed by atoms with Gasteiger partial charge in [0.2, 0.25) is 0 Å². The summed E-state index contributed by atoms with van der Waals surface area (Å²) >= 11 is 0. The molecular weight excluding hydrogens is 300 g/mol. The fraction of sp³-hybridized carbons (Fsp3) is 0.188. The average molecular weight is 314 g/mol. The third-order valence-corrected chi connectivity index (χ3v) is 3.42. The predicted octanol–water partition coefficient (Wildman–Crippen LogP) is 2.40. The molecule has 2 aromatic rings. The van der Waals surface area contributed by atoms with E-state index in [4.69, 9.17) is 9.47 Å². The molecule has 1 amide bonds. The van der Waals surface area contributed by atoms with E-state index in [0.717, 1.165) is 0 Å². The van der Waals surface area contributed by atoms with Crippen LogP contribution >= 0.6 is 0 Å². The second-order valence-corrected chi connectivity index (χ2v) is 4.90. The maximum Gasteiger partial charge on any atom is 0.271 e. The molecule has 0 unspecified atom stereocenters. The first kappa shape index (κ1) is 14.8. The number of nitro benzene ring substituents is 1. The van der Waals surface area contributed by atoms with Gasteiger partial charge < -0.3 is 14.4 Å². The topological polar surface area (TPSA) is 81.9 Å². The monoisotopic (exact) mass is 314 g/mol. The predicted molar refractivity (Wildman–Crippen MR) is 82.9 cm³/mol. The van der Waals surface area contributed by atoms with Crippen molar-refractivity contribution in [3.63, 3.8) is 0 Å². The number of amides is 1. The summed E-state index contributed by atoms with van der Waals surface area (Å²) in [6.07, 6.45) is 0. The van der Waals surface area contributed by atoms with Crippen molar-refractivity contribution in [2.24, 2.45) is 0 Å². The lowest BCUT2D eigenvalue weighted by Gasteiger charge is -2.29. The molecule has 23 heavy (non-hydrogen) atoms. The summed E-state index contributed by atoms with van der Waals surface area (Å²) in [6.45, 7) is 0.472. The van der Waals surface area contributed by atoms with E-state index >= 15 is 0 Å². The lowest BCUT2D eigenvalue weighted by molar-refractivity contribution is -0.384. The van der Waals surface area contributed by atoms with Gasteiger partial charge >= 0.3 is 0 Å². The van der Waals surface area contributed by atoms with Crippen molar-refractivity contribution >= 4 is 17.3 Å². The molecule has 7 nitrogen and oxygen atoms in total. The number of rotatable bonds is 5. The Hall–Kier alpha value is -3.09. The van der Waals surface area contributed by atoms with Crippen molar-refractivity contribution in [1.82, 2.24) is 0 Å². The Kier molecular flexibility index (Phi) is 4.09. The molecule has 0 aliphatic carbocycles. The number of benzene rings is 2. The molecular formula is C16H14N2O5. The summed E-state index contributed by atoms with van der Waals surface area (Å²) in [5.41, 5.74) is 0.308. The van der Waals surface area contributed by atoms with E-state index in [9.17, 15) is 14.9 Å². The van der Waals surface area contributed by atoms with Crippen LogP contribution < -0.4 is 14.4 Å². The van der Waals surface area contributed by atoms with Crippen molar-refractivity contribution in [2.75, 3.05) is 24.7 Å². The highest BCUT2D eigenvalue weighted by molar-refractivity contribution is 5.98. The summed E-state index contributed by atoms with van der Waals surface area (Å²) < 4.78 is 10.9. The lowest BCUT2D eigenvalue weighted by Crippen LogP contribution is -2.41. The van der Waals surface area contributed by atoms with Crippen molar-refractivity contribution in [3.8, 4) is 11.5 Å². The average Bonchev–Trinajstić information content (AvgIpc) is 2.57. The number of ether oxygens (including phenoxy) is 2. The molecule has 0 saturated heterocycles. The van der Waals surface area contributed by atoms with Gasteiger partial charge in [-0.25, -0.2) is 0 Å². The van der Waals surface area contributed by atoms with Gasteiger partial charge in [-0.3, -0.25) is 14.9 Å². The molecule has 2 aromatic carbocycles. The number of hydrogen-bond donors (Lipinski definition) is 0. The molecule has 0 fully saturated rings. The number of hydrogen-bond acceptors (Lipinski definition) is 5. The number of carbonyl (C=O) groups is 1. The standard InChI is InChI=1S/C16H14N2O5/c19-16-11-23-15-7-6-12(18(20)21)10-14(15)17(16)8-9-22-13-4-2-1-3-5-13/h1-7,10H,8-9,11H2. The van der Waals surface area contributed by atoms with Crippen LogP contribution in [0, 0.1) is 10.1 Å². The Morgan fingerprint density at radius 1 is 1.22 bits per heavy atom. The number of nitrogens with zero attached hydrogens (tertiary/aromatic N) is 2. The van der Waals surface area contributed by atoms with Gasteiger partial charge in [-0.2, -0.15) is 0 Å². The molecule has 0 N–H and O–H groups in total. The van der Waals surface area contributed by atoms with E-state index in [1.54, 1.807) is 0 Å². The minimum atomic E-state index is -0.502. The number of nitro groups is 1. The van der Waals surface area contributed by atoms with Crippen LogP contribution in [-0.2, 0) is 4.79 Å². The van der Waals surface area contributed by atoms with E-state index < -0.39 is 4.92 Å². The molecule has 118 valence electrons. The Labute approximate surface area is 132 Å². The summed E-state index contributed by atoms with van der Waals surface area (Å²) in [5.74, 6) is 0.900. The fourth-order valence-corrected chi connectivity index (χ4v) is 2.32. The highest BCUT2D eigenvalue weighted by atomic mass is 16.6. The first-order chi connectivity index (χ1) is 11.1. The molecule has 1 aliphatic heterocycles. The van der Waals surface area contributed by atoms with Crippen LogP contribution in [0.3, 0.4) is 0 Å². The highest BCUT2D eigenvalue weighted by Gasteiger charge is 2.27. The van der Waals surface area contributed by atoms with Crippen LogP contribution in [0.1, 0.15) is 0 Å². The van der Waals surface area contributed by atoms with Crippen LogP contribution in [0.5, 0.6) is 11.5 Å². The second kappa shape index (κ2) is 6.35. The smallest absolute Gasteiger partial charge is 0.271 e. The maximum absolute atomic E-state index is 12.1. The third kappa shape index (κ3) is 3.23. The van der Waals surface area contributed by atoms with Crippen molar-refractivity contribution in [1.29, 1.82) is 0 Å². The van der Waals surface area contributed by atoms with Gasteiger partial charge in [0.05, 0.1) is 17.2 Å². The van der Waals surface area contributed by atoms with Crippen molar-refractivity contribution < 1.29 is 19.2 Å².